The average molecular weight is 1070 g/mol. The van der Waals surface area contributed by atoms with E-state index >= 15 is 0 Å². The van der Waals surface area contributed by atoms with Crippen LogP contribution in [-0.4, -0.2) is 11.1 Å². The second-order valence-electron chi connectivity index (χ2n) is 20.6. The molecule has 82 heavy (non-hydrogen) atoms. The highest BCUT2D eigenvalue weighted by Gasteiger charge is 2.21. The van der Waals surface area contributed by atoms with E-state index in [1.807, 2.05) is 36.4 Å². The monoisotopic (exact) mass is 1070 g/mol. The molecule has 0 fully saturated rings. The first-order valence-corrected chi connectivity index (χ1v) is 27.7. The van der Waals surface area contributed by atoms with Gasteiger partial charge in [-0.1, -0.05) is 160 Å². The third-order valence-corrected chi connectivity index (χ3v) is 13.6. The Balaban J connectivity index is 0.000000180. The molecule has 1 unspecified atom stereocenters. The molecule has 0 N–H and O–H groups in total. The Bertz CT molecular complexity index is 3530. The molecule has 0 aromatic heterocycles. The molecular formula is C74H70N8. The standard InChI is InChI=1S/C34H32N2.C32H26N2.C8H12N4/c1-3-27(2)28-19-21-32(22-20-28)36(31-17-11-6-12-18-31)34-25-23-33(24-26-34)35(29-13-7-4-8-14-29)30-15-9-5-10-16-30;1-2-26-18-20-30(21-19-26)34(29-16-10-5-11-17-29)32-24-22-31(23-25-32)33(27-12-6-3-7-13-27)28-14-8-4-9-15-28;1-7(2,5-9)11-12-8(3,4)6-10/h4-27H,3H2,1-2H3;2-25H,1H2;1-4H3. The van der Waals surface area contributed by atoms with Crippen LogP contribution in [0.4, 0.5) is 68.2 Å². The minimum Gasteiger partial charge on any atom is -0.311 e. The lowest BCUT2D eigenvalue weighted by Gasteiger charge is -2.28. The van der Waals surface area contributed by atoms with Gasteiger partial charge in [-0.15, -0.1) is 0 Å². The van der Waals surface area contributed by atoms with Crippen molar-refractivity contribution in [3.05, 3.63) is 297 Å². The largest absolute Gasteiger partial charge is 0.311 e. The predicted molar refractivity (Wildman–Crippen MR) is 345 cm³/mol. The van der Waals surface area contributed by atoms with Crippen molar-refractivity contribution in [2.24, 2.45) is 10.2 Å². The molecule has 0 aliphatic rings. The fraction of sp³-hybridized carbons (Fsp3) is 0.135. The molecule has 0 bridgehead atoms. The van der Waals surface area contributed by atoms with E-state index in [-0.39, 0.29) is 0 Å². The Morgan fingerprint density at radius 1 is 0.354 bits per heavy atom. The number of para-hydroxylation sites is 6. The second-order valence-corrected chi connectivity index (χ2v) is 20.6. The molecule has 10 aromatic rings. The second kappa shape index (κ2) is 28.0. The minimum absolute atomic E-state index is 0.561. The molecule has 8 heteroatoms. The van der Waals surface area contributed by atoms with E-state index < -0.39 is 11.1 Å². The SMILES string of the molecule is C=Cc1ccc(N(c2ccccc2)c2ccc(N(c3ccccc3)c3ccccc3)cc2)cc1.CC(C)(C#N)N=NC(C)(C)C#N.CCC(C)c1ccc(N(c2ccccc2)c2ccc(N(c3ccccc3)c3ccccc3)cc2)cc1. The van der Waals surface area contributed by atoms with Gasteiger partial charge in [-0.3, -0.25) is 0 Å². The van der Waals surface area contributed by atoms with Crippen LogP contribution in [0.5, 0.6) is 0 Å². The summed E-state index contributed by atoms with van der Waals surface area (Å²) in [5.41, 5.74) is 14.3. The fourth-order valence-corrected chi connectivity index (χ4v) is 8.99. The molecule has 1 atom stereocenters. The third kappa shape index (κ3) is 15.3. The molecule has 10 aromatic carbocycles. The maximum Gasteiger partial charge on any atom is 0.162 e. The first-order chi connectivity index (χ1) is 39.9. The van der Waals surface area contributed by atoms with Crippen molar-refractivity contribution in [1.82, 2.24) is 0 Å². The molecule has 10 rings (SSSR count). The lowest BCUT2D eigenvalue weighted by Crippen LogP contribution is -2.17. The van der Waals surface area contributed by atoms with Crippen molar-refractivity contribution >= 4 is 74.3 Å². The zero-order valence-electron chi connectivity index (χ0n) is 47.7. The number of benzene rings is 10. The van der Waals surface area contributed by atoms with E-state index in [9.17, 15) is 0 Å². The normalized spacial score (nSPS) is 11.3. The number of anilines is 12. The summed E-state index contributed by atoms with van der Waals surface area (Å²) in [6.45, 7) is 15.0. The fourth-order valence-electron chi connectivity index (χ4n) is 8.99. The molecule has 0 radical (unpaired) electrons. The van der Waals surface area contributed by atoms with Gasteiger partial charge in [-0.25, -0.2) is 0 Å². The lowest BCUT2D eigenvalue weighted by molar-refractivity contribution is 0.541. The van der Waals surface area contributed by atoms with Crippen LogP contribution in [-0.2, 0) is 0 Å². The molecule has 0 amide bonds. The summed E-state index contributed by atoms with van der Waals surface area (Å²) in [4.78, 5) is 9.15. The number of hydrogen-bond acceptors (Lipinski definition) is 8. The average Bonchev–Trinajstić information content (AvgIpc) is 3.72. The van der Waals surface area contributed by atoms with Crippen LogP contribution in [0, 0.1) is 22.7 Å². The van der Waals surface area contributed by atoms with E-state index in [1.165, 1.54) is 5.56 Å². The van der Waals surface area contributed by atoms with Crippen LogP contribution in [0.3, 0.4) is 0 Å². The van der Waals surface area contributed by atoms with Crippen molar-refractivity contribution in [1.29, 1.82) is 10.5 Å². The minimum atomic E-state index is -0.839. The first kappa shape index (κ1) is 57.9. The molecule has 406 valence electrons. The van der Waals surface area contributed by atoms with Crippen LogP contribution in [0.15, 0.2) is 296 Å². The Morgan fingerprint density at radius 3 is 0.744 bits per heavy atom. The number of hydrogen-bond donors (Lipinski definition) is 0. The maximum absolute atomic E-state index is 8.58. The number of azo groups is 1. The van der Waals surface area contributed by atoms with Crippen LogP contribution in [0.1, 0.15) is 65.0 Å². The van der Waals surface area contributed by atoms with Crippen molar-refractivity contribution in [3.63, 3.8) is 0 Å². The van der Waals surface area contributed by atoms with Crippen molar-refractivity contribution in [2.75, 3.05) is 19.6 Å². The van der Waals surface area contributed by atoms with E-state index in [0.717, 1.165) is 80.2 Å². The number of rotatable bonds is 17. The summed E-state index contributed by atoms with van der Waals surface area (Å²) in [6, 6.07) is 102. The predicted octanol–water partition coefficient (Wildman–Crippen LogP) is 21.5. The molecule has 8 nitrogen and oxygen atoms in total. The maximum atomic E-state index is 8.58. The van der Waals surface area contributed by atoms with Crippen LogP contribution < -0.4 is 19.6 Å². The molecule has 0 spiro atoms. The molecule has 0 aliphatic carbocycles. The Labute approximate surface area is 486 Å². The van der Waals surface area contributed by atoms with E-state index in [2.05, 4.69) is 311 Å². The van der Waals surface area contributed by atoms with Crippen LogP contribution in [0.25, 0.3) is 6.08 Å². The first-order valence-electron chi connectivity index (χ1n) is 27.7. The smallest absolute Gasteiger partial charge is 0.162 e. The quantitative estimate of drug-likeness (QED) is 0.0845. The summed E-state index contributed by atoms with van der Waals surface area (Å²) < 4.78 is 0. The van der Waals surface area contributed by atoms with E-state index in [1.54, 1.807) is 27.7 Å². The number of nitrogens with zero attached hydrogens (tertiary/aromatic N) is 8. The zero-order valence-corrected chi connectivity index (χ0v) is 47.7. The summed E-state index contributed by atoms with van der Waals surface area (Å²) in [5.74, 6) is 0.561. The molecule has 0 aliphatic heterocycles. The van der Waals surface area contributed by atoms with Gasteiger partial charge < -0.3 is 19.6 Å². The third-order valence-electron chi connectivity index (χ3n) is 13.6. The van der Waals surface area contributed by atoms with Gasteiger partial charge in [-0.2, -0.15) is 20.8 Å². The summed E-state index contributed by atoms with van der Waals surface area (Å²) in [6.07, 6.45) is 3.01. The van der Waals surface area contributed by atoms with Gasteiger partial charge in [0, 0.05) is 68.2 Å². The van der Waals surface area contributed by atoms with Crippen molar-refractivity contribution in [2.45, 2.75) is 65.0 Å². The van der Waals surface area contributed by atoms with Crippen molar-refractivity contribution < 1.29 is 0 Å². The number of nitriles is 2. The summed E-state index contributed by atoms with van der Waals surface area (Å²) in [7, 11) is 0. The summed E-state index contributed by atoms with van der Waals surface area (Å²) in [5, 5.41) is 24.7. The molecular weight excluding hydrogens is 1000 g/mol. The van der Waals surface area contributed by atoms with Gasteiger partial charge in [0.15, 0.2) is 11.1 Å². The van der Waals surface area contributed by atoms with Gasteiger partial charge >= 0.3 is 0 Å². The van der Waals surface area contributed by atoms with Crippen LogP contribution >= 0.6 is 0 Å². The van der Waals surface area contributed by atoms with E-state index in [0.29, 0.717) is 5.92 Å². The van der Waals surface area contributed by atoms with Crippen molar-refractivity contribution in [3.8, 4) is 12.1 Å². The molecule has 0 heterocycles. The highest BCUT2D eigenvalue weighted by molar-refractivity contribution is 5.83. The van der Waals surface area contributed by atoms with Gasteiger partial charge in [0.1, 0.15) is 0 Å². The summed E-state index contributed by atoms with van der Waals surface area (Å²) >= 11 is 0. The highest BCUT2D eigenvalue weighted by atomic mass is 15.2. The van der Waals surface area contributed by atoms with Gasteiger partial charge in [0.2, 0.25) is 0 Å². The Kier molecular flexibility index (Phi) is 19.8. The van der Waals surface area contributed by atoms with Gasteiger partial charge in [0.05, 0.1) is 12.1 Å². The zero-order chi connectivity index (χ0) is 57.7. The van der Waals surface area contributed by atoms with E-state index in [4.69, 9.17) is 10.5 Å². The molecule has 0 saturated heterocycles. The highest BCUT2D eigenvalue weighted by Crippen LogP contribution is 2.41. The van der Waals surface area contributed by atoms with Gasteiger partial charge in [0.25, 0.3) is 0 Å². The molecule has 0 saturated carbocycles. The Hall–Kier alpha value is -10.3. The van der Waals surface area contributed by atoms with Crippen LogP contribution in [0.2, 0.25) is 0 Å². The van der Waals surface area contributed by atoms with Gasteiger partial charge in [-0.05, 0) is 197 Å². The lowest BCUT2D eigenvalue weighted by atomic mass is 9.98. The Morgan fingerprint density at radius 2 is 0.549 bits per heavy atom. The topological polar surface area (TPSA) is 85.3 Å².